The molecule has 0 radical (unpaired) electrons. The van der Waals surface area contributed by atoms with Crippen LogP contribution in [0.5, 0.6) is 0 Å². The van der Waals surface area contributed by atoms with E-state index in [4.69, 9.17) is 9.47 Å². The molecule has 0 aliphatic carbocycles. The molecule has 0 N–H and O–H groups in total. The van der Waals surface area contributed by atoms with Crippen LogP contribution in [0.15, 0.2) is 0 Å². The van der Waals surface area contributed by atoms with Crippen molar-refractivity contribution in [3.05, 3.63) is 0 Å². The van der Waals surface area contributed by atoms with Gasteiger partial charge in [-0.05, 0) is 20.3 Å². The molecule has 0 aliphatic rings. The Morgan fingerprint density at radius 1 is 1.17 bits per heavy atom. The lowest BCUT2D eigenvalue weighted by molar-refractivity contribution is -0.117. The van der Waals surface area contributed by atoms with Gasteiger partial charge in [0, 0.05) is 13.0 Å². The van der Waals surface area contributed by atoms with Crippen LogP contribution >= 0.6 is 0 Å². The van der Waals surface area contributed by atoms with E-state index in [0.29, 0.717) is 13.2 Å². The summed E-state index contributed by atoms with van der Waals surface area (Å²) in [5.74, 6) is 5.93. The monoisotopic (exact) mass is 170 g/mol. The van der Waals surface area contributed by atoms with Gasteiger partial charge < -0.3 is 9.47 Å². The van der Waals surface area contributed by atoms with Crippen molar-refractivity contribution in [2.45, 2.75) is 39.9 Å². The third-order valence-electron chi connectivity index (χ3n) is 1.29. The Labute approximate surface area is 75.3 Å². The minimum Gasteiger partial charge on any atom is -0.353 e. The van der Waals surface area contributed by atoms with Crippen LogP contribution in [0.25, 0.3) is 0 Å². The summed E-state index contributed by atoms with van der Waals surface area (Å²) in [6.07, 6.45) is 1.92. The van der Waals surface area contributed by atoms with Crippen LogP contribution in [-0.4, -0.2) is 19.5 Å². The van der Waals surface area contributed by atoms with E-state index in [9.17, 15) is 0 Å². The lowest BCUT2D eigenvalue weighted by atomic mass is 10.3. The molecule has 0 fully saturated rings. The Morgan fingerprint density at radius 2 is 1.92 bits per heavy atom. The molecule has 0 aromatic rings. The van der Waals surface area contributed by atoms with Crippen molar-refractivity contribution in [1.82, 2.24) is 0 Å². The number of hydrogen-bond donors (Lipinski definition) is 0. The van der Waals surface area contributed by atoms with Crippen molar-refractivity contribution in [1.29, 1.82) is 0 Å². The van der Waals surface area contributed by atoms with Gasteiger partial charge in [-0.15, -0.1) is 5.92 Å². The zero-order chi connectivity index (χ0) is 9.23. The second-order valence-electron chi connectivity index (χ2n) is 2.44. The summed E-state index contributed by atoms with van der Waals surface area (Å²) in [6.45, 7) is 7.09. The lowest BCUT2D eigenvalue weighted by Gasteiger charge is -2.09. The Hall–Kier alpha value is -0.520. The highest BCUT2D eigenvalue weighted by Gasteiger charge is 1.96. The highest BCUT2D eigenvalue weighted by atomic mass is 16.7. The van der Waals surface area contributed by atoms with E-state index in [2.05, 4.69) is 18.8 Å². The maximum Gasteiger partial charge on any atom is 0.156 e. The molecule has 1 atom stereocenters. The van der Waals surface area contributed by atoms with Gasteiger partial charge in [-0.25, -0.2) is 0 Å². The first kappa shape index (κ1) is 11.5. The molecule has 0 spiro atoms. The third kappa shape index (κ3) is 7.59. The molecule has 0 saturated carbocycles. The molecule has 0 saturated heterocycles. The SMILES string of the molecule is CCCC#CCOC(C)OCC. The van der Waals surface area contributed by atoms with Gasteiger partial charge in [0.05, 0.1) is 0 Å². The molecular formula is C10H18O2. The fourth-order valence-electron chi connectivity index (χ4n) is 0.706. The molecule has 1 unspecified atom stereocenters. The van der Waals surface area contributed by atoms with Gasteiger partial charge in [0.1, 0.15) is 6.61 Å². The van der Waals surface area contributed by atoms with Gasteiger partial charge in [-0.3, -0.25) is 0 Å². The van der Waals surface area contributed by atoms with Crippen LogP contribution in [-0.2, 0) is 9.47 Å². The molecule has 0 aromatic carbocycles. The van der Waals surface area contributed by atoms with Crippen LogP contribution in [0.4, 0.5) is 0 Å². The second kappa shape index (κ2) is 8.58. The average Bonchev–Trinajstić information content (AvgIpc) is 2.05. The Kier molecular flexibility index (Phi) is 8.20. The molecule has 0 aliphatic heterocycles. The third-order valence-corrected chi connectivity index (χ3v) is 1.29. The molecule has 0 bridgehead atoms. The van der Waals surface area contributed by atoms with Crippen LogP contribution in [0.3, 0.4) is 0 Å². The first-order valence-electron chi connectivity index (χ1n) is 4.50. The Balaban J connectivity index is 3.25. The van der Waals surface area contributed by atoms with E-state index >= 15 is 0 Å². The van der Waals surface area contributed by atoms with Crippen molar-refractivity contribution in [2.75, 3.05) is 13.2 Å². The van der Waals surface area contributed by atoms with E-state index in [1.54, 1.807) is 0 Å². The van der Waals surface area contributed by atoms with Crippen LogP contribution in [0.2, 0.25) is 0 Å². The number of unbranched alkanes of at least 4 members (excludes halogenated alkanes) is 1. The predicted molar refractivity (Wildman–Crippen MR) is 49.7 cm³/mol. The van der Waals surface area contributed by atoms with Crippen LogP contribution in [0, 0.1) is 11.8 Å². The Morgan fingerprint density at radius 3 is 2.50 bits per heavy atom. The molecule has 2 nitrogen and oxygen atoms in total. The molecule has 0 amide bonds. The lowest BCUT2D eigenvalue weighted by Crippen LogP contribution is -2.12. The number of hydrogen-bond acceptors (Lipinski definition) is 2. The summed E-state index contributed by atoms with van der Waals surface area (Å²) in [5, 5.41) is 0. The van der Waals surface area contributed by atoms with Gasteiger partial charge in [0.15, 0.2) is 6.29 Å². The summed E-state index contributed by atoms with van der Waals surface area (Å²) in [6, 6.07) is 0. The minimum atomic E-state index is -0.133. The summed E-state index contributed by atoms with van der Waals surface area (Å²) in [5.41, 5.74) is 0. The van der Waals surface area contributed by atoms with E-state index < -0.39 is 0 Å². The first-order valence-corrected chi connectivity index (χ1v) is 4.50. The molecule has 70 valence electrons. The van der Waals surface area contributed by atoms with Crippen molar-refractivity contribution in [2.24, 2.45) is 0 Å². The summed E-state index contributed by atoms with van der Waals surface area (Å²) in [7, 11) is 0. The highest BCUT2D eigenvalue weighted by Crippen LogP contribution is 1.91. The summed E-state index contributed by atoms with van der Waals surface area (Å²) in [4.78, 5) is 0. The molecule has 0 rings (SSSR count). The summed E-state index contributed by atoms with van der Waals surface area (Å²) < 4.78 is 10.4. The largest absolute Gasteiger partial charge is 0.353 e. The van der Waals surface area contributed by atoms with Crippen molar-refractivity contribution in [3.63, 3.8) is 0 Å². The van der Waals surface area contributed by atoms with E-state index in [1.165, 1.54) is 0 Å². The molecule has 2 heteroatoms. The molecular weight excluding hydrogens is 152 g/mol. The summed E-state index contributed by atoms with van der Waals surface area (Å²) >= 11 is 0. The van der Waals surface area contributed by atoms with Gasteiger partial charge in [-0.1, -0.05) is 12.8 Å². The van der Waals surface area contributed by atoms with Gasteiger partial charge >= 0.3 is 0 Å². The Bertz CT molecular complexity index is 144. The van der Waals surface area contributed by atoms with Crippen molar-refractivity contribution >= 4 is 0 Å². The van der Waals surface area contributed by atoms with E-state index in [-0.39, 0.29) is 6.29 Å². The predicted octanol–water partition coefficient (Wildman–Crippen LogP) is 2.19. The minimum absolute atomic E-state index is 0.133. The maximum atomic E-state index is 5.23. The van der Waals surface area contributed by atoms with E-state index in [1.807, 2.05) is 13.8 Å². The van der Waals surface area contributed by atoms with Crippen LogP contribution in [0.1, 0.15) is 33.6 Å². The quantitative estimate of drug-likeness (QED) is 0.465. The first-order chi connectivity index (χ1) is 5.81. The molecule has 12 heavy (non-hydrogen) atoms. The van der Waals surface area contributed by atoms with Gasteiger partial charge in [0.25, 0.3) is 0 Å². The second-order valence-corrected chi connectivity index (χ2v) is 2.44. The zero-order valence-corrected chi connectivity index (χ0v) is 8.22. The van der Waals surface area contributed by atoms with Gasteiger partial charge in [0.2, 0.25) is 0 Å². The maximum absolute atomic E-state index is 5.23. The van der Waals surface area contributed by atoms with Gasteiger partial charge in [-0.2, -0.15) is 0 Å². The molecule has 0 heterocycles. The number of rotatable bonds is 5. The standard InChI is InChI=1S/C10H18O2/c1-4-6-7-8-9-12-10(3)11-5-2/h10H,4-6,9H2,1-3H3. The smallest absolute Gasteiger partial charge is 0.156 e. The number of ether oxygens (including phenoxy) is 2. The fraction of sp³-hybridized carbons (Fsp3) is 0.800. The van der Waals surface area contributed by atoms with E-state index in [0.717, 1.165) is 12.8 Å². The average molecular weight is 170 g/mol. The van der Waals surface area contributed by atoms with Crippen molar-refractivity contribution in [3.8, 4) is 11.8 Å². The topological polar surface area (TPSA) is 18.5 Å². The fourth-order valence-corrected chi connectivity index (χ4v) is 0.706. The normalized spacial score (nSPS) is 11.9. The molecule has 0 aromatic heterocycles. The zero-order valence-electron chi connectivity index (χ0n) is 8.22. The highest BCUT2D eigenvalue weighted by molar-refractivity contribution is 4.98. The van der Waals surface area contributed by atoms with Crippen LogP contribution < -0.4 is 0 Å². The van der Waals surface area contributed by atoms with Crippen molar-refractivity contribution < 1.29 is 9.47 Å².